The molecule has 5 heteroatoms. The fourth-order valence-electron chi connectivity index (χ4n) is 2.53. The van der Waals surface area contributed by atoms with Crippen LogP contribution >= 0.6 is 15.9 Å². The Kier molecular flexibility index (Phi) is 4.66. The minimum absolute atomic E-state index is 0.0842. The molecule has 0 aromatic heterocycles. The number of ether oxygens (including phenoxy) is 1. The lowest BCUT2D eigenvalue weighted by Gasteiger charge is -2.23. The monoisotopic (exact) mass is 377 g/mol. The first-order valence-corrected chi connectivity index (χ1v) is 8.27. The molecule has 2 aromatic carbocycles. The van der Waals surface area contributed by atoms with Crippen LogP contribution in [0.1, 0.15) is 28.8 Å². The van der Waals surface area contributed by atoms with Crippen LogP contribution in [0.5, 0.6) is 5.75 Å². The average molecular weight is 378 g/mol. The van der Waals surface area contributed by atoms with Gasteiger partial charge in [0.1, 0.15) is 11.6 Å². The third-order valence-corrected chi connectivity index (χ3v) is 4.57. The maximum Gasteiger partial charge on any atom is 0.254 e. The van der Waals surface area contributed by atoms with E-state index in [1.165, 1.54) is 6.07 Å². The second kappa shape index (κ2) is 6.71. The van der Waals surface area contributed by atoms with Gasteiger partial charge in [-0.15, -0.1) is 0 Å². The van der Waals surface area contributed by atoms with Gasteiger partial charge in [-0.25, -0.2) is 4.39 Å². The van der Waals surface area contributed by atoms with E-state index in [0.717, 1.165) is 17.3 Å². The summed E-state index contributed by atoms with van der Waals surface area (Å²) in [4.78, 5) is 14.6. The molecule has 1 saturated carbocycles. The van der Waals surface area contributed by atoms with Gasteiger partial charge in [0.2, 0.25) is 0 Å². The molecule has 0 radical (unpaired) electrons. The van der Waals surface area contributed by atoms with Crippen molar-refractivity contribution in [2.45, 2.75) is 25.4 Å². The van der Waals surface area contributed by atoms with Crippen LogP contribution in [0.25, 0.3) is 0 Å². The summed E-state index contributed by atoms with van der Waals surface area (Å²) in [6.45, 7) is 0.291. The number of nitrogens with zero attached hydrogens (tertiary/aromatic N) is 1. The van der Waals surface area contributed by atoms with Gasteiger partial charge in [-0.2, -0.15) is 0 Å². The Labute approximate surface area is 143 Å². The summed E-state index contributed by atoms with van der Waals surface area (Å²) in [6, 6.07) is 12.0. The zero-order chi connectivity index (χ0) is 16.4. The molecule has 1 fully saturated rings. The Morgan fingerprint density at radius 1 is 1.30 bits per heavy atom. The number of carbonyl (C=O) groups is 1. The van der Waals surface area contributed by atoms with E-state index in [1.54, 1.807) is 48.4 Å². The van der Waals surface area contributed by atoms with Gasteiger partial charge >= 0.3 is 0 Å². The first-order chi connectivity index (χ1) is 11.1. The molecule has 3 nitrogen and oxygen atoms in total. The van der Waals surface area contributed by atoms with Crippen molar-refractivity contribution in [1.29, 1.82) is 0 Å². The molecule has 0 heterocycles. The number of hydrogen-bond donors (Lipinski definition) is 0. The molecule has 0 atom stereocenters. The molecular weight excluding hydrogens is 361 g/mol. The molecule has 0 bridgehead atoms. The molecule has 0 N–H and O–H groups in total. The van der Waals surface area contributed by atoms with Gasteiger partial charge in [-0.05, 0) is 53.0 Å². The molecule has 0 spiro atoms. The molecule has 0 aliphatic heterocycles. The first kappa shape index (κ1) is 16.0. The Bertz CT molecular complexity index is 731. The van der Waals surface area contributed by atoms with E-state index in [0.29, 0.717) is 23.4 Å². The minimum Gasteiger partial charge on any atom is -0.496 e. The van der Waals surface area contributed by atoms with Crippen molar-refractivity contribution < 1.29 is 13.9 Å². The summed E-state index contributed by atoms with van der Waals surface area (Å²) in [6.07, 6.45) is 1.94. The molecule has 2 aromatic rings. The fraction of sp³-hybridized carbons (Fsp3) is 0.278. The van der Waals surface area contributed by atoms with Crippen LogP contribution in [0, 0.1) is 5.82 Å². The summed E-state index contributed by atoms with van der Waals surface area (Å²) in [5.74, 6) is 0.314. The van der Waals surface area contributed by atoms with Gasteiger partial charge < -0.3 is 9.64 Å². The van der Waals surface area contributed by atoms with Crippen LogP contribution in [0.3, 0.4) is 0 Å². The Morgan fingerprint density at radius 2 is 2.04 bits per heavy atom. The maximum absolute atomic E-state index is 13.9. The summed E-state index contributed by atoms with van der Waals surface area (Å²) in [7, 11) is 1.58. The highest BCUT2D eigenvalue weighted by molar-refractivity contribution is 9.10. The third kappa shape index (κ3) is 3.55. The predicted molar refractivity (Wildman–Crippen MR) is 90.0 cm³/mol. The van der Waals surface area contributed by atoms with Crippen LogP contribution < -0.4 is 4.74 Å². The lowest BCUT2D eigenvalue weighted by Crippen LogP contribution is -2.33. The van der Waals surface area contributed by atoms with Gasteiger partial charge in [-0.3, -0.25) is 4.79 Å². The van der Waals surface area contributed by atoms with Gasteiger partial charge in [0, 0.05) is 23.7 Å². The Hall–Kier alpha value is -1.88. The van der Waals surface area contributed by atoms with E-state index in [-0.39, 0.29) is 17.8 Å². The van der Waals surface area contributed by atoms with Crippen LogP contribution in [-0.4, -0.2) is 24.0 Å². The summed E-state index contributed by atoms with van der Waals surface area (Å²) < 4.78 is 19.8. The Morgan fingerprint density at radius 3 is 2.65 bits per heavy atom. The van der Waals surface area contributed by atoms with Crippen LogP contribution in [-0.2, 0) is 6.54 Å². The standard InChI is InChI=1S/C18H17BrFNO2/c1-23-17-9-6-12(10-15(17)19)18(22)21(14-7-8-14)11-13-4-2-3-5-16(13)20/h2-6,9-10,14H,7-8,11H2,1H3. The van der Waals surface area contributed by atoms with Gasteiger partial charge in [0.05, 0.1) is 11.6 Å². The van der Waals surface area contributed by atoms with Crippen molar-refractivity contribution >= 4 is 21.8 Å². The number of hydrogen-bond acceptors (Lipinski definition) is 2. The second-order valence-corrected chi connectivity index (χ2v) is 6.46. The van der Waals surface area contributed by atoms with E-state index >= 15 is 0 Å². The van der Waals surface area contributed by atoms with Crippen LogP contribution in [0.4, 0.5) is 4.39 Å². The summed E-state index contributed by atoms with van der Waals surface area (Å²) >= 11 is 3.40. The fourth-order valence-corrected chi connectivity index (χ4v) is 3.07. The normalized spacial score (nSPS) is 13.7. The molecule has 1 aliphatic rings. The van der Waals surface area contributed by atoms with E-state index in [4.69, 9.17) is 4.74 Å². The van der Waals surface area contributed by atoms with E-state index in [2.05, 4.69) is 15.9 Å². The topological polar surface area (TPSA) is 29.5 Å². The van der Waals surface area contributed by atoms with Crippen LogP contribution in [0.2, 0.25) is 0 Å². The first-order valence-electron chi connectivity index (χ1n) is 7.48. The van der Waals surface area contributed by atoms with Crippen molar-refractivity contribution in [3.63, 3.8) is 0 Å². The number of carbonyl (C=O) groups excluding carboxylic acids is 1. The molecule has 0 saturated heterocycles. The Balaban J connectivity index is 1.85. The van der Waals surface area contributed by atoms with E-state index < -0.39 is 0 Å². The number of benzene rings is 2. The van der Waals surface area contributed by atoms with Crippen molar-refractivity contribution in [1.82, 2.24) is 4.90 Å². The summed E-state index contributed by atoms with van der Waals surface area (Å²) in [5.41, 5.74) is 1.11. The zero-order valence-electron chi connectivity index (χ0n) is 12.8. The molecule has 1 aliphatic carbocycles. The lowest BCUT2D eigenvalue weighted by molar-refractivity contribution is 0.0728. The van der Waals surface area contributed by atoms with Gasteiger partial charge in [-0.1, -0.05) is 18.2 Å². The van der Waals surface area contributed by atoms with Crippen molar-refractivity contribution in [2.24, 2.45) is 0 Å². The smallest absolute Gasteiger partial charge is 0.254 e. The zero-order valence-corrected chi connectivity index (χ0v) is 14.3. The number of methoxy groups -OCH3 is 1. The largest absolute Gasteiger partial charge is 0.496 e. The highest BCUT2D eigenvalue weighted by Crippen LogP contribution is 2.32. The molecule has 23 heavy (non-hydrogen) atoms. The SMILES string of the molecule is COc1ccc(C(=O)N(Cc2ccccc2F)C2CC2)cc1Br. The minimum atomic E-state index is -0.276. The summed E-state index contributed by atoms with van der Waals surface area (Å²) in [5, 5.41) is 0. The quantitative estimate of drug-likeness (QED) is 0.772. The van der Waals surface area contributed by atoms with Crippen LogP contribution in [0.15, 0.2) is 46.9 Å². The lowest BCUT2D eigenvalue weighted by atomic mass is 10.1. The molecule has 0 unspecified atom stereocenters. The molecular formula is C18H17BrFNO2. The molecule has 120 valence electrons. The third-order valence-electron chi connectivity index (χ3n) is 3.95. The maximum atomic E-state index is 13.9. The number of rotatable bonds is 5. The highest BCUT2D eigenvalue weighted by atomic mass is 79.9. The highest BCUT2D eigenvalue weighted by Gasteiger charge is 2.33. The second-order valence-electron chi connectivity index (χ2n) is 5.60. The predicted octanol–water partition coefficient (Wildman–Crippen LogP) is 4.40. The van der Waals surface area contributed by atoms with E-state index in [1.807, 2.05) is 0 Å². The van der Waals surface area contributed by atoms with E-state index in [9.17, 15) is 9.18 Å². The van der Waals surface area contributed by atoms with Crippen molar-refractivity contribution in [2.75, 3.05) is 7.11 Å². The van der Waals surface area contributed by atoms with Gasteiger partial charge in [0.25, 0.3) is 5.91 Å². The molecule has 3 rings (SSSR count). The van der Waals surface area contributed by atoms with Gasteiger partial charge in [0.15, 0.2) is 0 Å². The number of amides is 1. The van der Waals surface area contributed by atoms with Crippen molar-refractivity contribution in [3.8, 4) is 5.75 Å². The average Bonchev–Trinajstić information content (AvgIpc) is 3.38. The molecule has 1 amide bonds. The van der Waals surface area contributed by atoms with Crippen molar-refractivity contribution in [3.05, 3.63) is 63.9 Å². The number of halogens is 2.